The van der Waals surface area contributed by atoms with Gasteiger partial charge in [-0.1, -0.05) is 30.3 Å². The zero-order valence-corrected chi connectivity index (χ0v) is 10.9. The lowest BCUT2D eigenvalue weighted by molar-refractivity contribution is -0.164. The van der Waals surface area contributed by atoms with Gasteiger partial charge in [0, 0.05) is 19.3 Å². The van der Waals surface area contributed by atoms with Crippen LogP contribution in [-0.2, 0) is 4.79 Å². The normalized spacial score (nSPS) is 12.4. The number of benzene rings is 1. The highest BCUT2D eigenvalue weighted by atomic mass is 19.4. The van der Waals surface area contributed by atoms with Crippen LogP contribution in [0.4, 0.5) is 13.2 Å². The van der Waals surface area contributed by atoms with Gasteiger partial charge < -0.3 is 4.90 Å². The minimum absolute atomic E-state index is 0.275. The van der Waals surface area contributed by atoms with E-state index in [9.17, 15) is 18.0 Å². The summed E-state index contributed by atoms with van der Waals surface area (Å²) in [6.45, 7) is 4.72. The van der Waals surface area contributed by atoms with Crippen LogP contribution in [0.3, 0.4) is 0 Å². The van der Waals surface area contributed by atoms with E-state index in [1.807, 2.05) is 13.8 Å². The van der Waals surface area contributed by atoms with E-state index >= 15 is 0 Å². The number of carbonyl (C=O) groups is 1. The molecular formula is C14H16F3NO. The predicted molar refractivity (Wildman–Crippen MR) is 68.4 cm³/mol. The van der Waals surface area contributed by atoms with Crippen molar-refractivity contribution in [3.05, 3.63) is 42.1 Å². The molecule has 1 aromatic carbocycles. The molecule has 0 spiro atoms. The van der Waals surface area contributed by atoms with E-state index in [1.54, 1.807) is 23.1 Å². The van der Waals surface area contributed by atoms with Crippen LogP contribution >= 0.6 is 0 Å². The summed E-state index contributed by atoms with van der Waals surface area (Å²) < 4.78 is 37.9. The molecule has 0 radical (unpaired) electrons. The summed E-state index contributed by atoms with van der Waals surface area (Å²) >= 11 is 0. The third-order valence-corrected chi connectivity index (χ3v) is 2.71. The minimum Gasteiger partial charge on any atom is -0.377 e. The topological polar surface area (TPSA) is 20.3 Å². The largest absolute Gasteiger partial charge is 0.454 e. The Bertz CT molecular complexity index is 448. The second-order valence-electron chi connectivity index (χ2n) is 3.96. The van der Waals surface area contributed by atoms with Crippen molar-refractivity contribution >= 4 is 11.4 Å². The lowest BCUT2D eigenvalue weighted by Crippen LogP contribution is -2.26. The fourth-order valence-electron chi connectivity index (χ4n) is 1.62. The Balaban J connectivity index is 3.23. The van der Waals surface area contributed by atoms with Gasteiger partial charge in [0.25, 0.3) is 5.78 Å². The first-order valence-corrected chi connectivity index (χ1v) is 6.03. The van der Waals surface area contributed by atoms with Crippen LogP contribution in [-0.4, -0.2) is 29.9 Å². The van der Waals surface area contributed by atoms with Crippen molar-refractivity contribution < 1.29 is 18.0 Å². The molecule has 0 aliphatic carbocycles. The van der Waals surface area contributed by atoms with Crippen LogP contribution in [0.5, 0.6) is 0 Å². The first kappa shape index (κ1) is 15.3. The van der Waals surface area contributed by atoms with Crippen molar-refractivity contribution in [2.75, 3.05) is 13.1 Å². The molecule has 19 heavy (non-hydrogen) atoms. The smallest absolute Gasteiger partial charge is 0.377 e. The van der Waals surface area contributed by atoms with E-state index in [2.05, 4.69) is 0 Å². The molecule has 0 amide bonds. The number of Topliss-reactive ketones (excluding diaryl/α,β-unsaturated/α-hetero) is 1. The highest BCUT2D eigenvalue weighted by Gasteiger charge is 2.41. The number of rotatable bonds is 5. The standard InChI is InChI=1S/C14H16F3NO/c1-3-18(4-2)10-12(13(19)14(15,16)17)11-8-6-5-7-9-11/h5-10H,3-4H2,1-2H3/b12-10+. The molecule has 0 N–H and O–H groups in total. The van der Waals surface area contributed by atoms with Crippen LogP contribution in [0.15, 0.2) is 36.5 Å². The fourth-order valence-corrected chi connectivity index (χ4v) is 1.62. The van der Waals surface area contributed by atoms with E-state index < -0.39 is 12.0 Å². The van der Waals surface area contributed by atoms with Gasteiger partial charge in [0.05, 0.1) is 5.57 Å². The summed E-state index contributed by atoms with van der Waals surface area (Å²) in [5, 5.41) is 0. The van der Waals surface area contributed by atoms with Gasteiger partial charge in [0.2, 0.25) is 0 Å². The molecule has 0 bridgehead atoms. The molecule has 2 nitrogen and oxygen atoms in total. The molecule has 0 aliphatic heterocycles. The summed E-state index contributed by atoms with van der Waals surface area (Å²) in [5.41, 5.74) is -0.0477. The molecule has 0 saturated heterocycles. The first-order chi connectivity index (χ1) is 8.90. The number of halogens is 3. The maximum atomic E-state index is 12.6. The van der Waals surface area contributed by atoms with Crippen molar-refractivity contribution in [2.24, 2.45) is 0 Å². The number of carbonyl (C=O) groups excluding carboxylic acids is 1. The zero-order valence-electron chi connectivity index (χ0n) is 10.9. The van der Waals surface area contributed by atoms with Gasteiger partial charge in [-0.15, -0.1) is 0 Å². The second kappa shape index (κ2) is 6.41. The van der Waals surface area contributed by atoms with Gasteiger partial charge >= 0.3 is 6.18 Å². The molecule has 0 heterocycles. The Kier molecular flexibility index (Phi) is 5.15. The molecule has 0 fully saturated rings. The monoisotopic (exact) mass is 271 g/mol. The van der Waals surface area contributed by atoms with Crippen molar-refractivity contribution in [1.29, 1.82) is 0 Å². The molecule has 0 aliphatic rings. The van der Waals surface area contributed by atoms with Crippen LogP contribution in [0.2, 0.25) is 0 Å². The highest BCUT2D eigenvalue weighted by Crippen LogP contribution is 2.27. The SMILES string of the molecule is CCN(/C=C(/C(=O)C(F)(F)F)c1ccccc1)CC. The third-order valence-electron chi connectivity index (χ3n) is 2.71. The lowest BCUT2D eigenvalue weighted by atomic mass is 10.0. The number of alkyl halides is 3. The molecule has 1 aromatic rings. The van der Waals surface area contributed by atoms with Crippen molar-refractivity contribution in [3.63, 3.8) is 0 Å². The molecule has 0 unspecified atom stereocenters. The van der Waals surface area contributed by atoms with E-state index in [1.165, 1.54) is 18.3 Å². The van der Waals surface area contributed by atoms with Gasteiger partial charge in [-0.2, -0.15) is 13.2 Å². The quantitative estimate of drug-likeness (QED) is 0.764. The van der Waals surface area contributed by atoms with Gasteiger partial charge in [-0.05, 0) is 19.4 Å². The minimum atomic E-state index is -4.87. The summed E-state index contributed by atoms with van der Waals surface area (Å²) in [6.07, 6.45) is -3.58. The summed E-state index contributed by atoms with van der Waals surface area (Å²) in [4.78, 5) is 13.2. The zero-order chi connectivity index (χ0) is 14.5. The molecule has 0 saturated carbocycles. The van der Waals surface area contributed by atoms with Crippen LogP contribution in [0.25, 0.3) is 5.57 Å². The molecular weight excluding hydrogens is 255 g/mol. The Morgan fingerprint density at radius 3 is 2.11 bits per heavy atom. The van der Waals surface area contributed by atoms with Gasteiger partial charge in [0.1, 0.15) is 0 Å². The molecule has 1 rings (SSSR count). The summed E-state index contributed by atoms with van der Waals surface area (Å²) in [5.74, 6) is -1.81. The predicted octanol–water partition coefficient (Wildman–Crippen LogP) is 3.50. The van der Waals surface area contributed by atoms with Crippen LogP contribution in [0, 0.1) is 0 Å². The molecule has 104 valence electrons. The van der Waals surface area contributed by atoms with Gasteiger partial charge in [0.15, 0.2) is 0 Å². The van der Waals surface area contributed by atoms with E-state index in [0.29, 0.717) is 13.1 Å². The maximum absolute atomic E-state index is 12.6. The van der Waals surface area contributed by atoms with Crippen molar-refractivity contribution in [1.82, 2.24) is 4.90 Å². The summed E-state index contributed by atoms with van der Waals surface area (Å²) in [7, 11) is 0. The first-order valence-electron chi connectivity index (χ1n) is 6.03. The van der Waals surface area contributed by atoms with Gasteiger partial charge in [-0.25, -0.2) is 0 Å². The van der Waals surface area contributed by atoms with E-state index in [4.69, 9.17) is 0 Å². The molecule has 0 atom stereocenters. The Hall–Kier alpha value is -1.78. The highest BCUT2D eigenvalue weighted by molar-refractivity contribution is 6.23. The fraction of sp³-hybridized carbons (Fsp3) is 0.357. The Morgan fingerprint density at radius 1 is 1.16 bits per heavy atom. The molecule has 0 aromatic heterocycles. The Morgan fingerprint density at radius 2 is 1.68 bits per heavy atom. The lowest BCUT2D eigenvalue weighted by Gasteiger charge is -2.18. The number of allylic oxidation sites excluding steroid dienone is 1. The molecule has 5 heteroatoms. The van der Waals surface area contributed by atoms with Gasteiger partial charge in [-0.3, -0.25) is 4.79 Å². The number of hydrogen-bond donors (Lipinski definition) is 0. The van der Waals surface area contributed by atoms with Crippen LogP contribution in [0.1, 0.15) is 19.4 Å². The average molecular weight is 271 g/mol. The van der Waals surface area contributed by atoms with Crippen molar-refractivity contribution in [3.8, 4) is 0 Å². The van der Waals surface area contributed by atoms with E-state index in [0.717, 1.165) is 0 Å². The number of hydrogen-bond acceptors (Lipinski definition) is 2. The number of nitrogens with zero attached hydrogens (tertiary/aromatic N) is 1. The van der Waals surface area contributed by atoms with Crippen LogP contribution < -0.4 is 0 Å². The van der Waals surface area contributed by atoms with Crippen molar-refractivity contribution in [2.45, 2.75) is 20.0 Å². The second-order valence-corrected chi connectivity index (χ2v) is 3.96. The number of ketones is 1. The average Bonchev–Trinajstić information content (AvgIpc) is 2.39. The maximum Gasteiger partial charge on any atom is 0.454 e. The third kappa shape index (κ3) is 4.12. The van der Waals surface area contributed by atoms with E-state index in [-0.39, 0.29) is 11.1 Å². The Labute approximate surface area is 110 Å². The summed E-state index contributed by atoms with van der Waals surface area (Å²) in [6, 6.07) is 7.90.